The predicted octanol–water partition coefficient (Wildman–Crippen LogP) is 1.71. The summed E-state index contributed by atoms with van der Waals surface area (Å²) in [5.41, 5.74) is 1.75. The van der Waals surface area contributed by atoms with Crippen molar-refractivity contribution in [2.24, 2.45) is 0 Å². The number of aromatic nitrogens is 2. The van der Waals surface area contributed by atoms with Crippen LogP contribution in [0.4, 0.5) is 0 Å². The summed E-state index contributed by atoms with van der Waals surface area (Å²) in [4.78, 5) is 1.23. The molecule has 0 fully saturated rings. The van der Waals surface area contributed by atoms with Gasteiger partial charge in [-0.15, -0.1) is 11.3 Å². The number of hydrogen-bond donors (Lipinski definition) is 1. The maximum atomic E-state index is 9.02. The first-order valence-electron chi connectivity index (χ1n) is 5.18. The molecule has 0 bridgehead atoms. The van der Waals surface area contributed by atoms with E-state index in [9.17, 15) is 0 Å². The van der Waals surface area contributed by atoms with E-state index in [4.69, 9.17) is 9.84 Å². The molecule has 0 saturated carbocycles. The number of hydrogen-bond acceptors (Lipinski definition) is 4. The van der Waals surface area contributed by atoms with E-state index in [2.05, 4.69) is 16.5 Å². The monoisotopic (exact) mass is 236 g/mol. The Balaban J connectivity index is 1.85. The lowest BCUT2D eigenvalue weighted by atomic mass is 10.2. The SMILES string of the molecule is OCc1cc2n(n1)CC(c1cccs1)OC2. The number of thiophene rings is 1. The van der Waals surface area contributed by atoms with E-state index < -0.39 is 0 Å². The number of rotatable bonds is 2. The number of fused-ring (bicyclic) bond motifs is 1. The predicted molar refractivity (Wildman–Crippen MR) is 60.0 cm³/mol. The van der Waals surface area contributed by atoms with Gasteiger partial charge in [-0.1, -0.05) is 6.07 Å². The lowest BCUT2D eigenvalue weighted by molar-refractivity contribution is 0.000944. The molecule has 5 heteroatoms. The zero-order valence-corrected chi connectivity index (χ0v) is 9.48. The van der Waals surface area contributed by atoms with Crippen molar-refractivity contribution in [3.05, 3.63) is 39.8 Å². The molecule has 4 nitrogen and oxygen atoms in total. The molecule has 1 atom stereocenters. The first-order chi connectivity index (χ1) is 7.86. The van der Waals surface area contributed by atoms with E-state index in [1.165, 1.54) is 4.88 Å². The van der Waals surface area contributed by atoms with Crippen molar-refractivity contribution in [2.75, 3.05) is 0 Å². The Morgan fingerprint density at radius 3 is 3.31 bits per heavy atom. The van der Waals surface area contributed by atoms with Crippen molar-refractivity contribution in [3.8, 4) is 0 Å². The van der Waals surface area contributed by atoms with Crippen LogP contribution in [-0.4, -0.2) is 14.9 Å². The van der Waals surface area contributed by atoms with E-state index in [0.717, 1.165) is 12.2 Å². The molecule has 1 aliphatic heterocycles. The van der Waals surface area contributed by atoms with E-state index in [-0.39, 0.29) is 12.7 Å². The molecule has 84 valence electrons. The van der Waals surface area contributed by atoms with Crippen molar-refractivity contribution < 1.29 is 9.84 Å². The first kappa shape index (κ1) is 10.0. The van der Waals surface area contributed by atoms with Gasteiger partial charge in [-0.05, 0) is 17.5 Å². The Kier molecular flexibility index (Phi) is 2.51. The van der Waals surface area contributed by atoms with Crippen molar-refractivity contribution >= 4 is 11.3 Å². The third-order valence-electron chi connectivity index (χ3n) is 2.71. The van der Waals surface area contributed by atoms with Gasteiger partial charge in [-0.2, -0.15) is 5.10 Å². The third kappa shape index (κ3) is 1.67. The van der Waals surface area contributed by atoms with Crippen molar-refractivity contribution in [1.29, 1.82) is 0 Å². The Labute approximate surface area is 97.1 Å². The molecule has 1 N–H and O–H groups in total. The second-order valence-electron chi connectivity index (χ2n) is 3.78. The summed E-state index contributed by atoms with van der Waals surface area (Å²) >= 11 is 1.70. The van der Waals surface area contributed by atoms with Gasteiger partial charge in [0.2, 0.25) is 0 Å². The lowest BCUT2D eigenvalue weighted by Crippen LogP contribution is -2.20. The summed E-state index contributed by atoms with van der Waals surface area (Å²) in [6, 6.07) is 6.00. The largest absolute Gasteiger partial charge is 0.390 e. The second-order valence-corrected chi connectivity index (χ2v) is 4.76. The summed E-state index contributed by atoms with van der Waals surface area (Å²) < 4.78 is 7.70. The van der Waals surface area contributed by atoms with Gasteiger partial charge in [-0.3, -0.25) is 4.68 Å². The molecule has 0 amide bonds. The average Bonchev–Trinajstić information content (AvgIpc) is 2.96. The molecule has 16 heavy (non-hydrogen) atoms. The van der Waals surface area contributed by atoms with Gasteiger partial charge in [0.15, 0.2) is 0 Å². The minimum absolute atomic E-state index is 0.0102. The Morgan fingerprint density at radius 1 is 1.62 bits per heavy atom. The Bertz CT molecular complexity index is 478. The van der Waals surface area contributed by atoms with Gasteiger partial charge in [0.1, 0.15) is 6.10 Å². The Morgan fingerprint density at radius 2 is 2.56 bits per heavy atom. The van der Waals surface area contributed by atoms with Crippen LogP contribution < -0.4 is 0 Å². The van der Waals surface area contributed by atoms with Crippen LogP contribution in [-0.2, 0) is 24.5 Å². The molecule has 0 aliphatic carbocycles. The smallest absolute Gasteiger partial charge is 0.112 e. The van der Waals surface area contributed by atoms with E-state index in [1.54, 1.807) is 11.3 Å². The second kappa shape index (κ2) is 4.01. The summed E-state index contributed by atoms with van der Waals surface area (Å²) in [7, 11) is 0. The number of nitrogens with zero attached hydrogens (tertiary/aromatic N) is 2. The number of ether oxygens (including phenoxy) is 1. The fourth-order valence-electron chi connectivity index (χ4n) is 1.91. The van der Waals surface area contributed by atoms with E-state index in [0.29, 0.717) is 12.3 Å². The zero-order valence-electron chi connectivity index (χ0n) is 8.67. The molecule has 0 aromatic carbocycles. The van der Waals surface area contributed by atoms with Crippen LogP contribution >= 0.6 is 11.3 Å². The van der Waals surface area contributed by atoms with Crippen LogP contribution in [0, 0.1) is 0 Å². The highest BCUT2D eigenvalue weighted by molar-refractivity contribution is 7.10. The lowest BCUT2D eigenvalue weighted by Gasteiger charge is -2.23. The number of aliphatic hydroxyl groups is 1. The topological polar surface area (TPSA) is 47.3 Å². The van der Waals surface area contributed by atoms with E-state index >= 15 is 0 Å². The van der Waals surface area contributed by atoms with Crippen molar-refractivity contribution in [2.45, 2.75) is 25.9 Å². The maximum Gasteiger partial charge on any atom is 0.112 e. The summed E-state index contributed by atoms with van der Waals surface area (Å²) in [5, 5.41) is 15.4. The van der Waals surface area contributed by atoms with Crippen LogP contribution in [0.25, 0.3) is 0 Å². The molecule has 0 radical (unpaired) electrons. The molecular weight excluding hydrogens is 224 g/mol. The molecule has 1 unspecified atom stereocenters. The molecule has 3 rings (SSSR count). The molecule has 0 spiro atoms. The minimum Gasteiger partial charge on any atom is -0.390 e. The van der Waals surface area contributed by atoms with E-state index in [1.807, 2.05) is 16.8 Å². The minimum atomic E-state index is -0.0102. The van der Waals surface area contributed by atoms with Gasteiger partial charge < -0.3 is 9.84 Å². The van der Waals surface area contributed by atoms with Crippen LogP contribution in [0.2, 0.25) is 0 Å². The standard InChI is InChI=1S/C11H12N2O2S/c14-6-8-4-9-7-15-10(5-13(9)12-8)11-2-1-3-16-11/h1-4,10,14H,5-7H2. The molecule has 2 aromatic rings. The van der Waals surface area contributed by atoms with Crippen LogP contribution in [0.5, 0.6) is 0 Å². The zero-order chi connectivity index (χ0) is 11.0. The molecule has 1 aliphatic rings. The highest BCUT2D eigenvalue weighted by atomic mass is 32.1. The summed E-state index contributed by atoms with van der Waals surface area (Å²) in [5.74, 6) is 0. The number of aliphatic hydroxyl groups excluding tert-OH is 1. The molecular formula is C11H12N2O2S. The first-order valence-corrected chi connectivity index (χ1v) is 6.06. The normalized spacial score (nSPS) is 19.7. The highest BCUT2D eigenvalue weighted by Crippen LogP contribution is 2.29. The van der Waals surface area contributed by atoms with Crippen molar-refractivity contribution in [1.82, 2.24) is 9.78 Å². The van der Waals surface area contributed by atoms with Crippen LogP contribution in [0.1, 0.15) is 22.4 Å². The van der Waals surface area contributed by atoms with Gasteiger partial charge >= 0.3 is 0 Å². The molecule has 2 aromatic heterocycles. The summed E-state index contributed by atoms with van der Waals surface area (Å²) in [6.07, 6.45) is 0.0962. The Hall–Kier alpha value is -1.17. The fraction of sp³-hybridized carbons (Fsp3) is 0.364. The van der Waals surface area contributed by atoms with Gasteiger partial charge in [0.25, 0.3) is 0 Å². The average molecular weight is 236 g/mol. The van der Waals surface area contributed by atoms with Crippen LogP contribution in [0.3, 0.4) is 0 Å². The maximum absolute atomic E-state index is 9.02. The molecule has 3 heterocycles. The quantitative estimate of drug-likeness (QED) is 0.863. The van der Waals surface area contributed by atoms with Gasteiger partial charge in [-0.25, -0.2) is 0 Å². The molecule has 0 saturated heterocycles. The highest BCUT2D eigenvalue weighted by Gasteiger charge is 2.22. The van der Waals surface area contributed by atoms with Gasteiger partial charge in [0.05, 0.1) is 31.1 Å². The summed E-state index contributed by atoms with van der Waals surface area (Å²) in [6.45, 7) is 1.29. The van der Waals surface area contributed by atoms with Crippen molar-refractivity contribution in [3.63, 3.8) is 0 Å². The van der Waals surface area contributed by atoms with Gasteiger partial charge in [0, 0.05) is 4.88 Å². The van der Waals surface area contributed by atoms with Crippen LogP contribution in [0.15, 0.2) is 23.6 Å². The fourth-order valence-corrected chi connectivity index (χ4v) is 2.67. The third-order valence-corrected chi connectivity index (χ3v) is 3.67.